The van der Waals surface area contributed by atoms with E-state index in [1.807, 2.05) is 0 Å². The molecule has 0 saturated carbocycles. The molecule has 0 spiro atoms. The zero-order valence-corrected chi connectivity index (χ0v) is 12.7. The molecular weight excluding hydrogens is 297 g/mol. The van der Waals surface area contributed by atoms with Crippen molar-refractivity contribution in [3.05, 3.63) is 34.1 Å². The van der Waals surface area contributed by atoms with Gasteiger partial charge in [0.2, 0.25) is 0 Å². The van der Waals surface area contributed by atoms with Gasteiger partial charge in [0.25, 0.3) is 0 Å². The molecule has 102 valence electrons. The predicted molar refractivity (Wildman–Crippen MR) is 76.0 cm³/mol. The van der Waals surface area contributed by atoms with E-state index in [1.54, 1.807) is 19.1 Å². The van der Waals surface area contributed by atoms with Crippen LogP contribution in [0.15, 0.2) is 22.7 Å². The van der Waals surface area contributed by atoms with E-state index < -0.39 is 5.60 Å². The monoisotopic (exact) mass is 317 g/mol. The first-order valence-corrected chi connectivity index (χ1v) is 7.01. The average molecular weight is 318 g/mol. The van der Waals surface area contributed by atoms with Crippen molar-refractivity contribution in [2.45, 2.75) is 32.8 Å². The van der Waals surface area contributed by atoms with Gasteiger partial charge in [-0.1, -0.05) is 29.8 Å². The Bertz CT molecular complexity index is 393. The Hall–Kier alpha value is -0.450. The largest absolute Gasteiger partial charge is 0.385 e. The Morgan fingerprint density at radius 3 is 2.72 bits per heavy atom. The van der Waals surface area contributed by atoms with E-state index in [4.69, 9.17) is 0 Å². The lowest BCUT2D eigenvalue weighted by atomic mass is 9.92. The van der Waals surface area contributed by atoms with Gasteiger partial charge in [-0.25, -0.2) is 4.39 Å². The molecule has 1 aromatic rings. The molecule has 0 heterocycles. The van der Waals surface area contributed by atoms with Crippen molar-refractivity contribution >= 4 is 15.9 Å². The molecule has 0 aliphatic rings. The maximum Gasteiger partial charge on any atom is 0.129 e. The van der Waals surface area contributed by atoms with Crippen LogP contribution in [0.25, 0.3) is 0 Å². The van der Waals surface area contributed by atoms with Crippen molar-refractivity contribution in [3.8, 4) is 0 Å². The summed E-state index contributed by atoms with van der Waals surface area (Å²) >= 11 is 3.30. The number of hydrogen-bond acceptors (Lipinski definition) is 2. The van der Waals surface area contributed by atoms with Gasteiger partial charge >= 0.3 is 0 Å². The van der Waals surface area contributed by atoms with E-state index in [0.717, 1.165) is 11.0 Å². The molecule has 1 unspecified atom stereocenters. The number of halogens is 2. The molecule has 0 saturated heterocycles. The quantitative estimate of drug-likeness (QED) is 0.788. The van der Waals surface area contributed by atoms with E-state index in [2.05, 4.69) is 35.1 Å². The standard InChI is InChI=1S/C14H21BrFNO/c1-10(2)9-17-7-6-14(3,18)12-8-11(15)4-5-13(12)16/h4-5,8,10,17-18H,6-7,9H2,1-3H3. The zero-order valence-electron chi connectivity index (χ0n) is 11.1. The fourth-order valence-electron chi connectivity index (χ4n) is 1.77. The normalized spacial score (nSPS) is 14.8. The summed E-state index contributed by atoms with van der Waals surface area (Å²) in [4.78, 5) is 0. The third-order valence-corrected chi connectivity index (χ3v) is 3.34. The lowest BCUT2D eigenvalue weighted by molar-refractivity contribution is 0.0441. The van der Waals surface area contributed by atoms with Gasteiger partial charge in [0.15, 0.2) is 0 Å². The lowest BCUT2D eigenvalue weighted by Crippen LogP contribution is -2.30. The molecule has 4 heteroatoms. The number of benzene rings is 1. The van der Waals surface area contributed by atoms with E-state index in [1.165, 1.54) is 6.07 Å². The van der Waals surface area contributed by atoms with Crippen LogP contribution in [0.4, 0.5) is 4.39 Å². The first-order chi connectivity index (χ1) is 8.33. The maximum atomic E-state index is 13.7. The Morgan fingerprint density at radius 2 is 2.11 bits per heavy atom. The highest BCUT2D eigenvalue weighted by molar-refractivity contribution is 9.10. The second kappa shape index (κ2) is 6.64. The van der Waals surface area contributed by atoms with Crippen LogP contribution in [0, 0.1) is 11.7 Å². The van der Waals surface area contributed by atoms with Crippen LogP contribution in [0.3, 0.4) is 0 Å². The molecule has 0 amide bonds. The Kier molecular flexibility index (Phi) is 5.76. The summed E-state index contributed by atoms with van der Waals surface area (Å²) in [5.41, 5.74) is -0.819. The van der Waals surface area contributed by atoms with Crippen LogP contribution < -0.4 is 5.32 Å². The molecule has 0 bridgehead atoms. The van der Waals surface area contributed by atoms with Crippen LogP contribution in [0.5, 0.6) is 0 Å². The fourth-order valence-corrected chi connectivity index (χ4v) is 2.13. The molecule has 2 nitrogen and oxygen atoms in total. The summed E-state index contributed by atoms with van der Waals surface area (Å²) in [6.07, 6.45) is 0.479. The summed E-state index contributed by atoms with van der Waals surface area (Å²) in [5, 5.41) is 13.6. The third kappa shape index (κ3) is 4.67. The summed E-state index contributed by atoms with van der Waals surface area (Å²) in [6.45, 7) is 7.46. The van der Waals surface area contributed by atoms with E-state index in [-0.39, 0.29) is 5.82 Å². The van der Waals surface area contributed by atoms with Gasteiger partial charge in [-0.3, -0.25) is 0 Å². The maximum absolute atomic E-state index is 13.7. The third-order valence-electron chi connectivity index (χ3n) is 2.85. The fraction of sp³-hybridized carbons (Fsp3) is 0.571. The van der Waals surface area contributed by atoms with Gasteiger partial charge in [0.05, 0.1) is 5.60 Å². The number of rotatable bonds is 6. The SMILES string of the molecule is CC(C)CNCCC(C)(O)c1cc(Br)ccc1F. The van der Waals surface area contributed by atoms with Gasteiger partial charge < -0.3 is 10.4 Å². The van der Waals surface area contributed by atoms with Crippen LogP contribution in [0.2, 0.25) is 0 Å². The van der Waals surface area contributed by atoms with E-state index >= 15 is 0 Å². The van der Waals surface area contributed by atoms with Gasteiger partial charge in [0, 0.05) is 10.0 Å². The Balaban J connectivity index is 2.64. The molecule has 0 aliphatic heterocycles. The topological polar surface area (TPSA) is 32.3 Å². The molecule has 0 aliphatic carbocycles. The molecule has 0 radical (unpaired) electrons. The number of nitrogens with one attached hydrogen (secondary N) is 1. The number of hydrogen-bond donors (Lipinski definition) is 2. The van der Waals surface area contributed by atoms with Crippen molar-refractivity contribution in [3.63, 3.8) is 0 Å². The van der Waals surface area contributed by atoms with Crippen molar-refractivity contribution in [1.29, 1.82) is 0 Å². The minimum atomic E-state index is -1.15. The van der Waals surface area contributed by atoms with Crippen LogP contribution in [-0.4, -0.2) is 18.2 Å². The Labute approximate surface area is 117 Å². The van der Waals surface area contributed by atoms with Crippen molar-refractivity contribution in [1.82, 2.24) is 5.32 Å². The minimum Gasteiger partial charge on any atom is -0.385 e. The van der Waals surface area contributed by atoms with E-state index in [0.29, 0.717) is 24.4 Å². The highest BCUT2D eigenvalue weighted by Gasteiger charge is 2.26. The summed E-state index contributed by atoms with van der Waals surface area (Å²) in [5.74, 6) is 0.199. The first-order valence-electron chi connectivity index (χ1n) is 6.21. The highest BCUT2D eigenvalue weighted by atomic mass is 79.9. The van der Waals surface area contributed by atoms with Crippen molar-refractivity contribution in [2.24, 2.45) is 5.92 Å². The number of aliphatic hydroxyl groups is 1. The summed E-state index contributed by atoms with van der Waals surface area (Å²) < 4.78 is 14.5. The Morgan fingerprint density at radius 1 is 1.44 bits per heavy atom. The molecular formula is C14H21BrFNO. The molecule has 1 rings (SSSR count). The van der Waals surface area contributed by atoms with Crippen LogP contribution in [-0.2, 0) is 5.60 Å². The van der Waals surface area contributed by atoms with Gasteiger partial charge in [-0.2, -0.15) is 0 Å². The first kappa shape index (κ1) is 15.6. The summed E-state index contributed by atoms with van der Waals surface area (Å²) in [6, 6.07) is 4.64. The van der Waals surface area contributed by atoms with Gasteiger partial charge in [-0.05, 0) is 50.6 Å². The van der Waals surface area contributed by atoms with Crippen molar-refractivity contribution in [2.75, 3.05) is 13.1 Å². The van der Waals surface area contributed by atoms with Gasteiger partial charge in [0.1, 0.15) is 5.82 Å². The second-order valence-corrected chi connectivity index (χ2v) is 6.16. The molecule has 18 heavy (non-hydrogen) atoms. The molecule has 1 aromatic carbocycles. The molecule has 1 atom stereocenters. The molecule has 0 aromatic heterocycles. The van der Waals surface area contributed by atoms with Gasteiger partial charge in [-0.15, -0.1) is 0 Å². The highest BCUT2D eigenvalue weighted by Crippen LogP contribution is 2.28. The zero-order chi connectivity index (χ0) is 13.8. The lowest BCUT2D eigenvalue weighted by Gasteiger charge is -2.25. The van der Waals surface area contributed by atoms with Crippen molar-refractivity contribution < 1.29 is 9.50 Å². The minimum absolute atomic E-state index is 0.336. The van der Waals surface area contributed by atoms with Crippen LogP contribution >= 0.6 is 15.9 Å². The molecule has 2 N–H and O–H groups in total. The summed E-state index contributed by atoms with van der Waals surface area (Å²) in [7, 11) is 0. The average Bonchev–Trinajstić information content (AvgIpc) is 2.27. The van der Waals surface area contributed by atoms with Crippen LogP contribution in [0.1, 0.15) is 32.8 Å². The van der Waals surface area contributed by atoms with E-state index in [9.17, 15) is 9.50 Å². The smallest absolute Gasteiger partial charge is 0.129 e. The second-order valence-electron chi connectivity index (χ2n) is 5.25. The predicted octanol–water partition coefficient (Wildman–Crippen LogP) is 3.43. The molecule has 0 fully saturated rings.